The van der Waals surface area contributed by atoms with E-state index in [1.54, 1.807) is 0 Å². The van der Waals surface area contributed by atoms with E-state index in [-0.39, 0.29) is 11.9 Å². The number of ether oxygens (including phenoxy) is 1. The summed E-state index contributed by atoms with van der Waals surface area (Å²) in [6.45, 7) is 10.1. The highest BCUT2D eigenvalue weighted by Crippen LogP contribution is 2.50. The van der Waals surface area contributed by atoms with Gasteiger partial charge in [0.15, 0.2) is 10.8 Å². The number of rotatable bonds is 3. The molecule has 174 valence electrons. The molecule has 1 amide bonds. The average Bonchev–Trinajstić information content (AvgIpc) is 2.77. The summed E-state index contributed by atoms with van der Waals surface area (Å²) >= 11 is 5.84. The van der Waals surface area contributed by atoms with Gasteiger partial charge in [-0.3, -0.25) is 9.69 Å². The predicted molar refractivity (Wildman–Crippen MR) is 140 cm³/mol. The van der Waals surface area contributed by atoms with Crippen LogP contribution in [0.15, 0.2) is 60.7 Å². The number of nitrogens with zero attached hydrogens (tertiary/aromatic N) is 1. The van der Waals surface area contributed by atoms with Crippen molar-refractivity contribution in [3.05, 3.63) is 88.5 Å². The monoisotopic (exact) mass is 471 g/mol. The highest BCUT2D eigenvalue weighted by Gasteiger charge is 2.59. The summed E-state index contributed by atoms with van der Waals surface area (Å²) in [6.07, 6.45) is 0. The van der Waals surface area contributed by atoms with Gasteiger partial charge in [0.2, 0.25) is 5.91 Å². The van der Waals surface area contributed by atoms with Crippen LogP contribution >= 0.6 is 12.2 Å². The van der Waals surface area contributed by atoms with Gasteiger partial charge in [-0.1, -0.05) is 53.1 Å². The summed E-state index contributed by atoms with van der Waals surface area (Å²) in [5.41, 5.74) is 6.04. The van der Waals surface area contributed by atoms with E-state index in [0.29, 0.717) is 5.11 Å². The molecule has 1 fully saturated rings. The molecule has 3 atom stereocenters. The smallest absolute Gasteiger partial charge is 0.236 e. The van der Waals surface area contributed by atoms with Crippen molar-refractivity contribution < 1.29 is 9.53 Å². The lowest BCUT2D eigenvalue weighted by Gasteiger charge is -2.56. The van der Waals surface area contributed by atoms with Gasteiger partial charge in [-0.05, 0) is 76.7 Å². The number of benzene rings is 3. The van der Waals surface area contributed by atoms with E-state index in [4.69, 9.17) is 17.0 Å². The maximum absolute atomic E-state index is 14.0. The van der Waals surface area contributed by atoms with Crippen LogP contribution in [0.25, 0.3) is 0 Å². The minimum absolute atomic E-state index is 0.112. The third-order valence-electron chi connectivity index (χ3n) is 6.87. The van der Waals surface area contributed by atoms with E-state index in [9.17, 15) is 4.79 Å². The van der Waals surface area contributed by atoms with Gasteiger partial charge < -0.3 is 15.4 Å². The number of hydrogen-bond donors (Lipinski definition) is 2. The van der Waals surface area contributed by atoms with Crippen molar-refractivity contribution >= 4 is 34.6 Å². The van der Waals surface area contributed by atoms with E-state index in [1.807, 2.05) is 88.0 Å². The van der Waals surface area contributed by atoms with Crippen LogP contribution in [0.4, 0.5) is 11.4 Å². The standard InChI is InChI=1S/C28H29N3O2S/c1-16-6-10-20(11-7-16)31-27(34)30-25-21-15-18(3)9-13-23(21)33-28(31,5)24(25)26(32)29-22-12-8-17(2)14-19(22)4/h6-15,24-25H,1-5H3,(H,29,32)(H,30,34)/t24-,25+,28-/m0/s1. The van der Waals surface area contributed by atoms with Crippen molar-refractivity contribution in [3.63, 3.8) is 0 Å². The average molecular weight is 472 g/mol. The van der Waals surface area contributed by atoms with Gasteiger partial charge in [0.25, 0.3) is 0 Å². The molecule has 34 heavy (non-hydrogen) atoms. The summed E-state index contributed by atoms with van der Waals surface area (Å²) < 4.78 is 6.67. The molecule has 0 saturated carbocycles. The van der Waals surface area contributed by atoms with Crippen LogP contribution < -0.4 is 20.3 Å². The third-order valence-corrected chi connectivity index (χ3v) is 7.17. The minimum Gasteiger partial charge on any atom is -0.467 e. The van der Waals surface area contributed by atoms with Crippen LogP contribution in [-0.2, 0) is 4.79 Å². The molecule has 2 bridgehead atoms. The number of nitrogens with one attached hydrogen (secondary N) is 2. The zero-order valence-electron chi connectivity index (χ0n) is 20.1. The van der Waals surface area contributed by atoms with Crippen LogP contribution in [0.5, 0.6) is 5.75 Å². The number of hydrogen-bond acceptors (Lipinski definition) is 3. The maximum Gasteiger partial charge on any atom is 0.236 e. The van der Waals surface area contributed by atoms with Crippen molar-refractivity contribution in [2.24, 2.45) is 5.92 Å². The number of carbonyl (C=O) groups is 1. The predicted octanol–water partition coefficient (Wildman–Crippen LogP) is 5.72. The van der Waals surface area contributed by atoms with Gasteiger partial charge in [0.1, 0.15) is 11.7 Å². The van der Waals surface area contributed by atoms with Gasteiger partial charge in [-0.2, -0.15) is 0 Å². The van der Waals surface area contributed by atoms with Crippen LogP contribution in [0.3, 0.4) is 0 Å². The molecular formula is C28H29N3O2S. The Labute approximate surface area is 206 Å². The lowest BCUT2D eigenvalue weighted by atomic mass is 9.78. The van der Waals surface area contributed by atoms with Crippen LogP contribution in [0.2, 0.25) is 0 Å². The molecule has 0 aliphatic carbocycles. The fraction of sp³-hybridized carbons (Fsp3) is 0.286. The largest absolute Gasteiger partial charge is 0.467 e. The Morgan fingerprint density at radius 2 is 1.62 bits per heavy atom. The molecule has 5 rings (SSSR count). The first-order chi connectivity index (χ1) is 16.2. The molecule has 0 aromatic heterocycles. The molecule has 0 unspecified atom stereocenters. The number of fused-ring (bicyclic) bond motifs is 4. The van der Waals surface area contributed by atoms with Crippen molar-refractivity contribution in [1.82, 2.24) is 5.32 Å². The van der Waals surface area contributed by atoms with Crippen molar-refractivity contribution in [2.75, 3.05) is 10.2 Å². The van der Waals surface area contributed by atoms with Crippen molar-refractivity contribution in [1.29, 1.82) is 0 Å². The summed E-state index contributed by atoms with van der Waals surface area (Å²) in [5.74, 6) is 0.0926. The maximum atomic E-state index is 14.0. The van der Waals surface area contributed by atoms with Gasteiger partial charge in [0.05, 0.1) is 6.04 Å². The Morgan fingerprint density at radius 1 is 0.971 bits per heavy atom. The molecule has 3 aromatic carbocycles. The molecule has 1 saturated heterocycles. The van der Waals surface area contributed by atoms with E-state index in [0.717, 1.165) is 44.9 Å². The fourth-order valence-corrected chi connectivity index (χ4v) is 5.56. The number of carbonyl (C=O) groups excluding carboxylic acids is 1. The normalized spacial score (nSPS) is 23.0. The van der Waals surface area contributed by atoms with E-state index >= 15 is 0 Å². The van der Waals surface area contributed by atoms with E-state index in [2.05, 4.69) is 22.8 Å². The molecule has 0 radical (unpaired) electrons. The molecule has 2 aliphatic rings. The summed E-state index contributed by atoms with van der Waals surface area (Å²) in [4.78, 5) is 15.9. The number of amides is 1. The number of thiocarbonyl (C=S) groups is 1. The molecule has 3 aromatic rings. The molecule has 0 spiro atoms. The van der Waals surface area contributed by atoms with Gasteiger partial charge >= 0.3 is 0 Å². The third kappa shape index (κ3) is 3.62. The molecule has 2 N–H and O–H groups in total. The van der Waals surface area contributed by atoms with Crippen LogP contribution in [0, 0.1) is 33.6 Å². The van der Waals surface area contributed by atoms with Gasteiger partial charge in [-0.15, -0.1) is 0 Å². The lowest BCUT2D eigenvalue weighted by Crippen LogP contribution is -2.72. The first-order valence-corrected chi connectivity index (χ1v) is 11.9. The fourth-order valence-electron chi connectivity index (χ4n) is 5.15. The zero-order chi connectivity index (χ0) is 24.2. The van der Waals surface area contributed by atoms with Crippen LogP contribution in [0.1, 0.15) is 40.8 Å². The molecule has 6 heteroatoms. The Kier molecular flexibility index (Phi) is 5.36. The second-order valence-corrected chi connectivity index (χ2v) is 9.97. The lowest BCUT2D eigenvalue weighted by molar-refractivity contribution is -0.130. The first kappa shape index (κ1) is 22.4. The van der Waals surface area contributed by atoms with E-state index < -0.39 is 11.6 Å². The number of aryl methyl sites for hydroxylation is 4. The van der Waals surface area contributed by atoms with Crippen molar-refractivity contribution in [3.8, 4) is 5.75 Å². The Hall–Kier alpha value is -3.38. The minimum atomic E-state index is -1.02. The zero-order valence-corrected chi connectivity index (χ0v) is 20.9. The molecule has 2 aliphatic heterocycles. The van der Waals surface area contributed by atoms with E-state index in [1.165, 1.54) is 0 Å². The van der Waals surface area contributed by atoms with Gasteiger partial charge in [-0.25, -0.2) is 0 Å². The summed E-state index contributed by atoms with van der Waals surface area (Å²) in [6, 6.07) is 19.9. The molecule has 5 nitrogen and oxygen atoms in total. The first-order valence-electron chi connectivity index (χ1n) is 11.5. The Morgan fingerprint density at radius 3 is 2.32 bits per heavy atom. The van der Waals surface area contributed by atoms with Gasteiger partial charge in [0, 0.05) is 16.9 Å². The Balaban J connectivity index is 1.63. The summed E-state index contributed by atoms with van der Waals surface area (Å²) in [5, 5.41) is 7.19. The Bertz CT molecular complexity index is 1300. The van der Waals surface area contributed by atoms with Crippen molar-refractivity contribution in [2.45, 2.75) is 46.4 Å². The molecule has 2 heterocycles. The summed E-state index contributed by atoms with van der Waals surface area (Å²) in [7, 11) is 0. The second kappa shape index (κ2) is 8.13. The highest BCUT2D eigenvalue weighted by atomic mass is 32.1. The van der Waals surface area contributed by atoms with Crippen LogP contribution in [-0.4, -0.2) is 16.7 Å². The second-order valence-electron chi connectivity index (χ2n) is 9.58. The SMILES string of the molecule is Cc1ccc(N2C(=S)N[C@@H]3c4cc(C)ccc4O[C@@]2(C)[C@@H]3C(=O)Nc2ccc(C)cc2C)cc1. The topological polar surface area (TPSA) is 53.6 Å². The number of anilines is 2. The molecular weight excluding hydrogens is 442 g/mol. The highest BCUT2D eigenvalue weighted by molar-refractivity contribution is 7.80. The quantitative estimate of drug-likeness (QED) is 0.479.